The number of aliphatic carboxylic acids is 1. The molecule has 1 aromatic carbocycles. The normalized spacial score (nSPS) is 14.3. The van der Waals surface area contributed by atoms with Crippen molar-refractivity contribution in [3.8, 4) is 6.07 Å². The Hall–Kier alpha value is -1.66. The zero-order chi connectivity index (χ0) is 15.6. The molecule has 3 N–H and O–H groups in total. The van der Waals surface area contributed by atoms with E-state index in [1.54, 1.807) is 6.07 Å². The molecule has 0 aliphatic heterocycles. The first-order valence-corrected chi connectivity index (χ1v) is 7.11. The fourth-order valence-corrected chi connectivity index (χ4v) is 2.75. The third kappa shape index (κ3) is 3.68. The second-order valence-corrected chi connectivity index (χ2v) is 6.33. The second-order valence-electron chi connectivity index (χ2n) is 4.16. The van der Waals surface area contributed by atoms with Crippen LogP contribution in [-0.4, -0.2) is 36.7 Å². The number of aliphatic hydroxyl groups is 1. The maximum atomic E-state index is 12.0. The number of carboxylic acid groups (broad SMARTS) is 1. The summed E-state index contributed by atoms with van der Waals surface area (Å²) < 4.78 is 25.9. The summed E-state index contributed by atoms with van der Waals surface area (Å²) in [5.41, 5.74) is -2.41. The predicted molar refractivity (Wildman–Crippen MR) is 69.6 cm³/mol. The van der Waals surface area contributed by atoms with Gasteiger partial charge in [0.05, 0.1) is 12.1 Å². The molecule has 7 nitrogen and oxygen atoms in total. The molecular formula is C11H11ClN2O5S. The smallest absolute Gasteiger partial charge is 0.336 e. The van der Waals surface area contributed by atoms with Gasteiger partial charge in [-0.3, -0.25) is 0 Å². The zero-order valence-corrected chi connectivity index (χ0v) is 11.9. The molecule has 0 amide bonds. The molecule has 0 saturated heterocycles. The molecule has 0 aliphatic rings. The standard InChI is InChI=1S/C11H11ClN2O5S/c1-11(17,10(15)16)6-14-20(18,19)9-4-8(12)3-2-7(9)5-13/h2-4,14,17H,6H2,1H3,(H,15,16). The Labute approximate surface area is 120 Å². The van der Waals surface area contributed by atoms with Gasteiger partial charge in [0.2, 0.25) is 10.0 Å². The minimum absolute atomic E-state index is 0.106. The summed E-state index contributed by atoms with van der Waals surface area (Å²) in [5, 5.41) is 27.1. The first-order valence-electron chi connectivity index (χ1n) is 5.25. The Morgan fingerprint density at radius 2 is 2.15 bits per heavy atom. The van der Waals surface area contributed by atoms with Gasteiger partial charge < -0.3 is 10.2 Å². The van der Waals surface area contributed by atoms with E-state index in [4.69, 9.17) is 22.0 Å². The number of rotatable bonds is 5. The number of carboxylic acids is 1. The monoisotopic (exact) mass is 318 g/mol. The van der Waals surface area contributed by atoms with Crippen molar-refractivity contribution in [3.05, 3.63) is 28.8 Å². The van der Waals surface area contributed by atoms with Crippen LogP contribution in [0.2, 0.25) is 5.02 Å². The molecule has 0 aromatic heterocycles. The average molecular weight is 319 g/mol. The summed E-state index contributed by atoms with van der Waals surface area (Å²) in [6.07, 6.45) is 0. The number of halogens is 1. The van der Waals surface area contributed by atoms with Gasteiger partial charge in [-0.25, -0.2) is 17.9 Å². The minimum atomic E-state index is -4.17. The van der Waals surface area contributed by atoms with Crippen LogP contribution in [-0.2, 0) is 14.8 Å². The molecule has 0 bridgehead atoms. The lowest BCUT2D eigenvalue weighted by Crippen LogP contribution is -2.46. The van der Waals surface area contributed by atoms with Crippen LogP contribution in [0.5, 0.6) is 0 Å². The number of carbonyl (C=O) groups is 1. The Morgan fingerprint density at radius 3 is 2.65 bits per heavy atom. The Bertz CT molecular complexity index is 679. The lowest BCUT2D eigenvalue weighted by Gasteiger charge is -2.18. The largest absolute Gasteiger partial charge is 0.479 e. The van der Waals surface area contributed by atoms with E-state index in [1.807, 2.05) is 4.72 Å². The van der Waals surface area contributed by atoms with E-state index in [0.29, 0.717) is 0 Å². The van der Waals surface area contributed by atoms with E-state index in [-0.39, 0.29) is 15.5 Å². The van der Waals surface area contributed by atoms with Crippen molar-refractivity contribution < 1.29 is 23.4 Å². The minimum Gasteiger partial charge on any atom is -0.479 e. The average Bonchev–Trinajstić information content (AvgIpc) is 2.36. The van der Waals surface area contributed by atoms with Gasteiger partial charge in [-0.2, -0.15) is 5.26 Å². The van der Waals surface area contributed by atoms with Gasteiger partial charge in [0.15, 0.2) is 5.60 Å². The number of nitrogens with zero attached hydrogens (tertiary/aromatic N) is 1. The maximum absolute atomic E-state index is 12.0. The molecule has 0 radical (unpaired) electrons. The highest BCUT2D eigenvalue weighted by Gasteiger charge is 2.32. The van der Waals surface area contributed by atoms with Crippen molar-refractivity contribution in [2.75, 3.05) is 6.54 Å². The van der Waals surface area contributed by atoms with Crippen LogP contribution in [0.3, 0.4) is 0 Å². The molecule has 0 fully saturated rings. The molecule has 1 atom stereocenters. The van der Waals surface area contributed by atoms with Gasteiger partial charge in [-0.1, -0.05) is 11.6 Å². The van der Waals surface area contributed by atoms with E-state index in [0.717, 1.165) is 13.0 Å². The van der Waals surface area contributed by atoms with Crippen LogP contribution in [0.1, 0.15) is 12.5 Å². The SMILES string of the molecule is CC(O)(CNS(=O)(=O)c1cc(Cl)ccc1C#N)C(=O)O. The van der Waals surface area contributed by atoms with Crippen LogP contribution in [0.25, 0.3) is 0 Å². The topological polar surface area (TPSA) is 127 Å². The van der Waals surface area contributed by atoms with Crippen LogP contribution in [0, 0.1) is 11.3 Å². The van der Waals surface area contributed by atoms with E-state index in [2.05, 4.69) is 0 Å². The number of nitriles is 1. The lowest BCUT2D eigenvalue weighted by molar-refractivity contribution is -0.155. The number of hydrogen-bond donors (Lipinski definition) is 3. The lowest BCUT2D eigenvalue weighted by atomic mass is 10.1. The number of sulfonamides is 1. The van der Waals surface area contributed by atoms with Crippen LogP contribution >= 0.6 is 11.6 Å². The molecule has 20 heavy (non-hydrogen) atoms. The molecule has 0 heterocycles. The van der Waals surface area contributed by atoms with E-state index < -0.39 is 28.1 Å². The molecule has 9 heteroatoms. The third-order valence-corrected chi connectivity index (χ3v) is 4.10. The Kier molecular flexibility index (Phi) is 4.73. The number of nitrogens with one attached hydrogen (secondary N) is 1. The quantitative estimate of drug-likeness (QED) is 0.717. The number of hydrogen-bond acceptors (Lipinski definition) is 5. The summed E-state index contributed by atoms with van der Waals surface area (Å²) in [7, 11) is -4.17. The van der Waals surface area contributed by atoms with Gasteiger partial charge in [0.1, 0.15) is 11.0 Å². The predicted octanol–water partition coefficient (Wildman–Crippen LogP) is 0.326. The summed E-state index contributed by atoms with van der Waals surface area (Å²) in [6.45, 7) is 0.197. The van der Waals surface area contributed by atoms with Gasteiger partial charge >= 0.3 is 5.97 Å². The highest BCUT2D eigenvalue weighted by atomic mass is 35.5. The highest BCUT2D eigenvalue weighted by molar-refractivity contribution is 7.89. The second kappa shape index (κ2) is 5.76. The molecule has 1 rings (SSSR count). The van der Waals surface area contributed by atoms with Crippen molar-refractivity contribution in [1.82, 2.24) is 4.72 Å². The van der Waals surface area contributed by atoms with Crippen molar-refractivity contribution in [3.63, 3.8) is 0 Å². The highest BCUT2D eigenvalue weighted by Crippen LogP contribution is 2.20. The van der Waals surface area contributed by atoms with Crippen LogP contribution in [0.15, 0.2) is 23.1 Å². The van der Waals surface area contributed by atoms with Crippen molar-refractivity contribution in [2.24, 2.45) is 0 Å². The molecule has 0 aliphatic carbocycles. The molecule has 0 spiro atoms. The third-order valence-electron chi connectivity index (χ3n) is 2.42. The van der Waals surface area contributed by atoms with Gasteiger partial charge in [0, 0.05) is 5.02 Å². The van der Waals surface area contributed by atoms with Gasteiger partial charge in [-0.15, -0.1) is 0 Å². The van der Waals surface area contributed by atoms with Crippen molar-refractivity contribution >= 4 is 27.6 Å². The summed E-state index contributed by atoms with van der Waals surface area (Å²) >= 11 is 5.68. The molecule has 0 saturated carbocycles. The molecule has 1 aromatic rings. The summed E-state index contributed by atoms with van der Waals surface area (Å²) in [6, 6.07) is 5.34. The van der Waals surface area contributed by atoms with Gasteiger partial charge in [-0.05, 0) is 25.1 Å². The maximum Gasteiger partial charge on any atom is 0.336 e. The summed E-state index contributed by atoms with van der Waals surface area (Å²) in [4.78, 5) is 10.3. The summed E-state index contributed by atoms with van der Waals surface area (Å²) in [5.74, 6) is -1.58. The van der Waals surface area contributed by atoms with E-state index in [9.17, 15) is 18.3 Å². The zero-order valence-electron chi connectivity index (χ0n) is 10.3. The van der Waals surface area contributed by atoms with E-state index >= 15 is 0 Å². The van der Waals surface area contributed by atoms with Gasteiger partial charge in [0.25, 0.3) is 0 Å². The Morgan fingerprint density at radius 1 is 1.55 bits per heavy atom. The molecular weight excluding hydrogens is 308 g/mol. The number of benzene rings is 1. The van der Waals surface area contributed by atoms with Crippen molar-refractivity contribution in [1.29, 1.82) is 5.26 Å². The first kappa shape index (κ1) is 16.4. The molecule has 1 unspecified atom stereocenters. The van der Waals surface area contributed by atoms with Crippen molar-refractivity contribution in [2.45, 2.75) is 17.4 Å². The molecule has 108 valence electrons. The van der Waals surface area contributed by atoms with Crippen LogP contribution in [0.4, 0.5) is 0 Å². The van der Waals surface area contributed by atoms with Crippen LogP contribution < -0.4 is 4.72 Å². The first-order chi connectivity index (χ1) is 9.10. The Balaban J connectivity index is 3.10. The fraction of sp³-hybridized carbons (Fsp3) is 0.273. The van der Waals surface area contributed by atoms with E-state index in [1.165, 1.54) is 12.1 Å². The fourth-order valence-electron chi connectivity index (χ4n) is 1.20.